The van der Waals surface area contributed by atoms with Gasteiger partial charge in [0.2, 0.25) is 17.7 Å². The van der Waals surface area contributed by atoms with Crippen LogP contribution in [0.2, 0.25) is 0 Å². The fourth-order valence-electron chi connectivity index (χ4n) is 4.28. The zero-order valence-electron chi connectivity index (χ0n) is 24.2. The third-order valence-corrected chi connectivity index (χ3v) is 6.39. The van der Waals surface area contributed by atoms with Crippen LogP contribution in [0.25, 0.3) is 0 Å². The number of nitrogens with zero attached hydrogens (tertiary/aromatic N) is 1. The number of carbonyl (C=O) groups excluding carboxylic acids is 6. The Hall–Kier alpha value is -4.94. The Morgan fingerprint density at radius 1 is 0.767 bits per heavy atom. The minimum atomic E-state index is -1.16. The fraction of sp³-hybridized carbons (Fsp3) is 0.400. The largest absolute Gasteiger partial charge is 0.464 e. The van der Waals surface area contributed by atoms with Gasteiger partial charge in [0.1, 0.15) is 25.2 Å². The summed E-state index contributed by atoms with van der Waals surface area (Å²) in [5.41, 5.74) is 1.50. The monoisotopic (exact) mass is 596 g/mol. The number of hydrogen-bond donors (Lipinski definition) is 3. The van der Waals surface area contributed by atoms with Crippen molar-refractivity contribution >= 4 is 35.8 Å². The molecule has 230 valence electrons. The SMILES string of the molecule is CCOC(=O)[C@@H]1[C@@H](C(=O)OCC)N1C(=O)[C@H](C)NC(=O)[C@H](Cc1ccccc1)NC(=O)CNC(=O)OCc1ccccc1. The maximum atomic E-state index is 13.3. The second kappa shape index (κ2) is 15.9. The molecule has 4 amide bonds. The van der Waals surface area contributed by atoms with Crippen molar-refractivity contribution in [2.75, 3.05) is 19.8 Å². The van der Waals surface area contributed by atoms with E-state index < -0.39 is 66.5 Å². The third kappa shape index (κ3) is 9.55. The van der Waals surface area contributed by atoms with Crippen molar-refractivity contribution in [3.8, 4) is 0 Å². The molecule has 0 unspecified atom stereocenters. The average molecular weight is 597 g/mol. The first kappa shape index (κ1) is 32.6. The van der Waals surface area contributed by atoms with Gasteiger partial charge in [0.05, 0.1) is 13.2 Å². The van der Waals surface area contributed by atoms with Crippen molar-refractivity contribution in [1.82, 2.24) is 20.9 Å². The molecule has 43 heavy (non-hydrogen) atoms. The number of hydrogen-bond acceptors (Lipinski definition) is 9. The summed E-state index contributed by atoms with van der Waals surface area (Å²) < 4.78 is 15.1. The van der Waals surface area contributed by atoms with Gasteiger partial charge in [0, 0.05) is 6.42 Å². The van der Waals surface area contributed by atoms with Gasteiger partial charge in [0.15, 0.2) is 12.1 Å². The molecule has 1 aliphatic rings. The molecule has 13 heteroatoms. The van der Waals surface area contributed by atoms with E-state index in [1.54, 1.807) is 68.4 Å². The number of nitrogens with one attached hydrogen (secondary N) is 3. The van der Waals surface area contributed by atoms with E-state index in [1.165, 1.54) is 6.92 Å². The highest BCUT2D eigenvalue weighted by Gasteiger charge is 2.62. The van der Waals surface area contributed by atoms with Gasteiger partial charge >= 0.3 is 18.0 Å². The Balaban J connectivity index is 1.61. The lowest BCUT2D eigenvalue weighted by Crippen LogP contribution is -2.54. The second-order valence-corrected chi connectivity index (χ2v) is 9.59. The van der Waals surface area contributed by atoms with Gasteiger partial charge in [0.25, 0.3) is 0 Å². The van der Waals surface area contributed by atoms with Crippen LogP contribution in [-0.4, -0.2) is 84.6 Å². The van der Waals surface area contributed by atoms with E-state index in [0.717, 1.165) is 16.0 Å². The van der Waals surface area contributed by atoms with Crippen LogP contribution < -0.4 is 16.0 Å². The third-order valence-electron chi connectivity index (χ3n) is 6.39. The van der Waals surface area contributed by atoms with Crippen LogP contribution >= 0.6 is 0 Å². The number of ether oxygens (including phenoxy) is 3. The first-order chi connectivity index (χ1) is 20.7. The van der Waals surface area contributed by atoms with Gasteiger partial charge < -0.3 is 35.1 Å². The number of amides is 4. The molecule has 0 radical (unpaired) electrons. The Labute approximate surface area is 249 Å². The lowest BCUT2D eigenvalue weighted by molar-refractivity contribution is -0.147. The Morgan fingerprint density at radius 3 is 1.84 bits per heavy atom. The van der Waals surface area contributed by atoms with Crippen molar-refractivity contribution < 1.29 is 43.0 Å². The Bertz CT molecular complexity index is 1270. The summed E-state index contributed by atoms with van der Waals surface area (Å²) in [6.07, 6.45) is -0.730. The van der Waals surface area contributed by atoms with E-state index in [2.05, 4.69) is 16.0 Å². The van der Waals surface area contributed by atoms with Crippen molar-refractivity contribution in [1.29, 1.82) is 0 Å². The molecular formula is C30H36N4O9. The van der Waals surface area contributed by atoms with Crippen LogP contribution in [0.15, 0.2) is 60.7 Å². The quantitative estimate of drug-likeness (QED) is 0.163. The molecule has 0 aliphatic carbocycles. The summed E-state index contributed by atoms with van der Waals surface area (Å²) in [5.74, 6) is -3.56. The van der Waals surface area contributed by atoms with Crippen LogP contribution in [0.5, 0.6) is 0 Å². The highest BCUT2D eigenvalue weighted by Crippen LogP contribution is 2.31. The van der Waals surface area contributed by atoms with Crippen molar-refractivity contribution in [3.05, 3.63) is 71.8 Å². The molecule has 0 bridgehead atoms. The average Bonchev–Trinajstić information content (AvgIpc) is 3.75. The van der Waals surface area contributed by atoms with Crippen LogP contribution in [0.4, 0.5) is 4.79 Å². The molecule has 0 saturated carbocycles. The van der Waals surface area contributed by atoms with Gasteiger partial charge in [-0.15, -0.1) is 0 Å². The van der Waals surface area contributed by atoms with Crippen molar-refractivity contribution in [2.24, 2.45) is 0 Å². The van der Waals surface area contributed by atoms with Crippen molar-refractivity contribution in [3.63, 3.8) is 0 Å². The van der Waals surface area contributed by atoms with Crippen LogP contribution in [-0.2, 0) is 51.2 Å². The van der Waals surface area contributed by atoms with Gasteiger partial charge in [-0.25, -0.2) is 14.4 Å². The maximum absolute atomic E-state index is 13.3. The van der Waals surface area contributed by atoms with E-state index in [0.29, 0.717) is 0 Å². The smallest absolute Gasteiger partial charge is 0.407 e. The standard InChI is InChI=1S/C30H36N4O9/c1-4-41-28(38)24-25(29(39)42-5-2)34(24)27(37)19(3)32-26(36)22(16-20-12-8-6-9-13-20)33-23(35)17-31-30(40)43-18-21-14-10-7-11-15-21/h6-15,19,22,24-25H,4-5,16-18H2,1-3H3,(H,31,40)(H,32,36)(H,33,35)/t19-,22-,24-,25-/m0/s1. The summed E-state index contributed by atoms with van der Waals surface area (Å²) in [7, 11) is 0. The molecule has 1 saturated heterocycles. The molecule has 2 aromatic carbocycles. The number of esters is 2. The molecule has 4 atom stereocenters. The molecule has 3 N–H and O–H groups in total. The highest BCUT2D eigenvalue weighted by molar-refractivity contribution is 6.03. The molecule has 1 heterocycles. The second-order valence-electron chi connectivity index (χ2n) is 9.59. The maximum Gasteiger partial charge on any atom is 0.407 e. The molecule has 13 nitrogen and oxygen atoms in total. The van der Waals surface area contributed by atoms with E-state index in [9.17, 15) is 28.8 Å². The van der Waals surface area contributed by atoms with Gasteiger partial charge in [-0.3, -0.25) is 14.4 Å². The summed E-state index contributed by atoms with van der Waals surface area (Å²) >= 11 is 0. The molecule has 3 rings (SSSR count). The molecule has 1 aliphatic heterocycles. The number of alkyl carbamates (subject to hydrolysis) is 1. The predicted octanol–water partition coefficient (Wildman–Crippen LogP) is 0.851. The first-order valence-electron chi connectivity index (χ1n) is 13.9. The summed E-state index contributed by atoms with van der Waals surface area (Å²) in [6.45, 7) is 4.26. The van der Waals surface area contributed by atoms with E-state index in [4.69, 9.17) is 14.2 Å². The highest BCUT2D eigenvalue weighted by atomic mass is 16.6. The topological polar surface area (TPSA) is 169 Å². The Kier molecular flexibility index (Phi) is 12.0. The molecular weight excluding hydrogens is 560 g/mol. The molecule has 0 aromatic heterocycles. The lowest BCUT2D eigenvalue weighted by atomic mass is 10.0. The van der Waals surface area contributed by atoms with Crippen LogP contribution in [0.3, 0.4) is 0 Å². The zero-order chi connectivity index (χ0) is 31.4. The van der Waals surface area contributed by atoms with Gasteiger partial charge in [-0.2, -0.15) is 0 Å². The first-order valence-corrected chi connectivity index (χ1v) is 13.9. The number of rotatable bonds is 14. The number of benzene rings is 2. The zero-order valence-corrected chi connectivity index (χ0v) is 24.2. The minimum absolute atomic E-state index is 0.0182. The summed E-state index contributed by atoms with van der Waals surface area (Å²) in [4.78, 5) is 76.9. The van der Waals surface area contributed by atoms with E-state index in [1.807, 2.05) is 6.07 Å². The number of carbonyl (C=O) groups is 6. The van der Waals surface area contributed by atoms with Crippen LogP contribution in [0.1, 0.15) is 31.9 Å². The molecule has 0 spiro atoms. The van der Waals surface area contributed by atoms with Gasteiger partial charge in [-0.05, 0) is 31.9 Å². The molecule has 1 fully saturated rings. The fourth-order valence-corrected chi connectivity index (χ4v) is 4.28. The summed E-state index contributed by atoms with van der Waals surface area (Å²) in [5, 5.41) is 7.47. The Morgan fingerprint density at radius 2 is 1.30 bits per heavy atom. The predicted molar refractivity (Wildman–Crippen MR) is 152 cm³/mol. The molecule has 2 aromatic rings. The van der Waals surface area contributed by atoms with E-state index in [-0.39, 0.29) is 26.2 Å². The van der Waals surface area contributed by atoms with Gasteiger partial charge in [-0.1, -0.05) is 60.7 Å². The van der Waals surface area contributed by atoms with E-state index >= 15 is 0 Å². The summed E-state index contributed by atoms with van der Waals surface area (Å²) in [6, 6.07) is 13.3. The normalized spacial score (nSPS) is 16.6. The minimum Gasteiger partial charge on any atom is -0.464 e. The van der Waals surface area contributed by atoms with Crippen molar-refractivity contribution in [2.45, 2.75) is 58.0 Å². The van der Waals surface area contributed by atoms with Crippen LogP contribution in [0, 0.1) is 0 Å². The lowest BCUT2D eigenvalue weighted by Gasteiger charge is -2.22.